The maximum atomic E-state index is 12.1. The maximum absolute atomic E-state index is 12.1. The molecule has 5 nitrogen and oxygen atoms in total. The van der Waals surface area contributed by atoms with Crippen LogP contribution in [0.15, 0.2) is 17.5 Å². The van der Waals surface area contributed by atoms with E-state index in [0.717, 1.165) is 25.8 Å². The molecule has 0 bridgehead atoms. The average Bonchev–Trinajstić information content (AvgIpc) is 2.91. The summed E-state index contributed by atoms with van der Waals surface area (Å²) >= 11 is 1.70. The molecule has 110 valence electrons. The Hall–Kier alpha value is -1.56. The quantitative estimate of drug-likeness (QED) is 0.886. The first-order chi connectivity index (χ1) is 9.65. The molecule has 20 heavy (non-hydrogen) atoms. The molecular formula is C14H21N3O2S. The van der Waals surface area contributed by atoms with Gasteiger partial charge in [0.25, 0.3) is 0 Å². The molecule has 2 rings (SSSR count). The molecular weight excluding hydrogens is 274 g/mol. The van der Waals surface area contributed by atoms with Crippen molar-refractivity contribution in [3.63, 3.8) is 0 Å². The zero-order chi connectivity index (χ0) is 14.4. The first-order valence-electron chi connectivity index (χ1n) is 6.97. The van der Waals surface area contributed by atoms with E-state index >= 15 is 0 Å². The normalized spacial score (nSPS) is 18.6. The number of piperidine rings is 1. The van der Waals surface area contributed by atoms with Crippen molar-refractivity contribution in [1.29, 1.82) is 0 Å². The monoisotopic (exact) mass is 295 g/mol. The predicted molar refractivity (Wildman–Crippen MR) is 79.8 cm³/mol. The predicted octanol–water partition coefficient (Wildman–Crippen LogP) is 1.60. The van der Waals surface area contributed by atoms with Crippen molar-refractivity contribution >= 4 is 23.3 Å². The highest BCUT2D eigenvalue weighted by Crippen LogP contribution is 2.11. The number of thiophene rings is 1. The molecule has 1 fully saturated rings. The van der Waals surface area contributed by atoms with Gasteiger partial charge >= 0.3 is 6.03 Å². The van der Waals surface area contributed by atoms with E-state index in [2.05, 4.69) is 16.7 Å². The van der Waals surface area contributed by atoms with Gasteiger partial charge in [-0.25, -0.2) is 4.79 Å². The van der Waals surface area contributed by atoms with Crippen LogP contribution in [0.3, 0.4) is 0 Å². The number of likely N-dealkylation sites (tertiary alicyclic amines) is 1. The highest BCUT2D eigenvalue weighted by Gasteiger charge is 2.23. The van der Waals surface area contributed by atoms with Gasteiger partial charge in [0.2, 0.25) is 5.91 Å². The zero-order valence-electron chi connectivity index (χ0n) is 11.7. The topological polar surface area (TPSA) is 61.4 Å². The van der Waals surface area contributed by atoms with Crippen molar-refractivity contribution < 1.29 is 9.59 Å². The smallest absolute Gasteiger partial charge is 0.317 e. The van der Waals surface area contributed by atoms with Crippen molar-refractivity contribution in [3.8, 4) is 0 Å². The average molecular weight is 295 g/mol. The van der Waals surface area contributed by atoms with Crippen molar-refractivity contribution in [3.05, 3.63) is 22.4 Å². The third kappa shape index (κ3) is 4.52. The van der Waals surface area contributed by atoms with Crippen LogP contribution in [0.1, 0.15) is 24.6 Å². The Morgan fingerprint density at radius 3 is 3.05 bits per heavy atom. The van der Waals surface area contributed by atoms with Gasteiger partial charge in [0.15, 0.2) is 0 Å². The summed E-state index contributed by atoms with van der Waals surface area (Å²) in [6.07, 6.45) is 2.74. The van der Waals surface area contributed by atoms with Gasteiger partial charge in [0, 0.05) is 37.5 Å². The Balaban J connectivity index is 1.72. The minimum Gasteiger partial charge on any atom is -0.352 e. The van der Waals surface area contributed by atoms with E-state index in [1.54, 1.807) is 16.2 Å². The summed E-state index contributed by atoms with van der Waals surface area (Å²) in [7, 11) is 0. The van der Waals surface area contributed by atoms with Gasteiger partial charge in [-0.05, 0) is 30.7 Å². The lowest BCUT2D eigenvalue weighted by Crippen LogP contribution is -2.52. The Bertz CT molecular complexity index is 447. The molecule has 1 unspecified atom stereocenters. The lowest BCUT2D eigenvalue weighted by atomic mass is 10.1. The van der Waals surface area contributed by atoms with Crippen LogP contribution in [0.5, 0.6) is 0 Å². The third-order valence-electron chi connectivity index (χ3n) is 3.34. The summed E-state index contributed by atoms with van der Waals surface area (Å²) in [6, 6.07) is 4.15. The standard InChI is InChI=1S/C14H21N3O2S/c1-11(18)16-12-4-2-8-17(10-12)14(19)15-7-6-13-5-3-9-20-13/h3,5,9,12H,2,4,6-8,10H2,1H3,(H,15,19)(H,16,18). The van der Waals surface area contributed by atoms with Gasteiger partial charge in [-0.1, -0.05) is 6.07 Å². The molecule has 1 aliphatic heterocycles. The van der Waals surface area contributed by atoms with Crippen molar-refractivity contribution in [1.82, 2.24) is 15.5 Å². The van der Waals surface area contributed by atoms with E-state index < -0.39 is 0 Å². The van der Waals surface area contributed by atoms with Gasteiger partial charge in [-0.3, -0.25) is 4.79 Å². The van der Waals surface area contributed by atoms with Crippen molar-refractivity contribution in [2.24, 2.45) is 0 Å². The fourth-order valence-corrected chi connectivity index (χ4v) is 3.14. The fourth-order valence-electron chi connectivity index (χ4n) is 2.43. The molecule has 1 aromatic rings. The number of amides is 3. The van der Waals surface area contributed by atoms with Crippen LogP contribution in [0, 0.1) is 0 Å². The third-order valence-corrected chi connectivity index (χ3v) is 4.28. The Morgan fingerprint density at radius 1 is 1.50 bits per heavy atom. The summed E-state index contributed by atoms with van der Waals surface area (Å²) in [5.74, 6) is -0.0325. The van der Waals surface area contributed by atoms with Gasteiger partial charge in [-0.15, -0.1) is 11.3 Å². The van der Waals surface area contributed by atoms with Gasteiger partial charge < -0.3 is 15.5 Å². The second kappa shape index (κ2) is 7.28. The molecule has 0 spiro atoms. The molecule has 2 heterocycles. The molecule has 6 heteroatoms. The van der Waals surface area contributed by atoms with Gasteiger partial charge in [0.1, 0.15) is 0 Å². The number of hydrogen-bond acceptors (Lipinski definition) is 3. The number of carbonyl (C=O) groups is 2. The van der Waals surface area contributed by atoms with E-state index in [1.165, 1.54) is 11.8 Å². The summed E-state index contributed by atoms with van der Waals surface area (Å²) < 4.78 is 0. The highest BCUT2D eigenvalue weighted by atomic mass is 32.1. The fraction of sp³-hybridized carbons (Fsp3) is 0.571. The molecule has 1 saturated heterocycles. The molecule has 1 aromatic heterocycles. The maximum Gasteiger partial charge on any atom is 0.317 e. The van der Waals surface area contributed by atoms with E-state index in [0.29, 0.717) is 13.1 Å². The number of nitrogens with zero attached hydrogens (tertiary/aromatic N) is 1. The molecule has 2 N–H and O–H groups in total. The van der Waals surface area contributed by atoms with Gasteiger partial charge in [-0.2, -0.15) is 0 Å². The number of rotatable bonds is 4. The van der Waals surface area contributed by atoms with Gasteiger partial charge in [0.05, 0.1) is 0 Å². The van der Waals surface area contributed by atoms with Crippen LogP contribution < -0.4 is 10.6 Å². The molecule has 0 saturated carbocycles. The highest BCUT2D eigenvalue weighted by molar-refractivity contribution is 7.09. The Morgan fingerprint density at radius 2 is 2.35 bits per heavy atom. The Kier molecular flexibility index (Phi) is 5.40. The van der Waals surface area contributed by atoms with Crippen LogP contribution in [0.2, 0.25) is 0 Å². The molecule has 0 radical (unpaired) electrons. The van der Waals surface area contributed by atoms with Crippen LogP contribution in [0.4, 0.5) is 4.79 Å². The largest absolute Gasteiger partial charge is 0.352 e. The SMILES string of the molecule is CC(=O)NC1CCCN(C(=O)NCCc2cccs2)C1. The second-order valence-corrected chi connectivity index (χ2v) is 6.08. The Labute approximate surface area is 123 Å². The van der Waals surface area contributed by atoms with Crippen LogP contribution in [-0.2, 0) is 11.2 Å². The first-order valence-corrected chi connectivity index (χ1v) is 7.85. The van der Waals surface area contributed by atoms with Crippen LogP contribution in [-0.4, -0.2) is 42.5 Å². The molecule has 3 amide bonds. The first kappa shape index (κ1) is 14.8. The zero-order valence-corrected chi connectivity index (χ0v) is 12.5. The minimum absolute atomic E-state index is 0.0309. The number of carbonyl (C=O) groups excluding carboxylic acids is 2. The summed E-state index contributed by atoms with van der Waals surface area (Å²) in [6.45, 7) is 3.53. The lowest BCUT2D eigenvalue weighted by molar-refractivity contribution is -0.119. The summed E-state index contributed by atoms with van der Waals surface area (Å²) in [5, 5.41) is 7.87. The second-order valence-electron chi connectivity index (χ2n) is 5.05. The molecule has 1 aliphatic rings. The van der Waals surface area contributed by atoms with Crippen LogP contribution in [0.25, 0.3) is 0 Å². The number of nitrogens with one attached hydrogen (secondary N) is 2. The molecule has 0 aliphatic carbocycles. The lowest BCUT2D eigenvalue weighted by Gasteiger charge is -2.33. The van der Waals surface area contributed by atoms with E-state index in [9.17, 15) is 9.59 Å². The van der Waals surface area contributed by atoms with E-state index in [1.807, 2.05) is 11.4 Å². The number of urea groups is 1. The molecule has 1 atom stereocenters. The minimum atomic E-state index is -0.0325. The van der Waals surface area contributed by atoms with Crippen molar-refractivity contribution in [2.75, 3.05) is 19.6 Å². The molecule has 0 aromatic carbocycles. The summed E-state index contributed by atoms with van der Waals surface area (Å²) in [5.41, 5.74) is 0. The van der Waals surface area contributed by atoms with E-state index in [-0.39, 0.29) is 18.0 Å². The van der Waals surface area contributed by atoms with E-state index in [4.69, 9.17) is 0 Å². The van der Waals surface area contributed by atoms with Crippen LogP contribution >= 0.6 is 11.3 Å². The summed E-state index contributed by atoms with van der Waals surface area (Å²) in [4.78, 5) is 26.2. The number of hydrogen-bond donors (Lipinski definition) is 2. The van der Waals surface area contributed by atoms with Crippen molar-refractivity contribution in [2.45, 2.75) is 32.2 Å².